The summed E-state index contributed by atoms with van der Waals surface area (Å²) in [7, 11) is 0. The van der Waals surface area contributed by atoms with Crippen molar-refractivity contribution in [2.45, 2.75) is 31.3 Å². The molecule has 1 aliphatic rings. The molecule has 2 aromatic carbocycles. The smallest absolute Gasteiger partial charge is 0.165 e. The summed E-state index contributed by atoms with van der Waals surface area (Å²) in [4.78, 5) is 14.7. The van der Waals surface area contributed by atoms with Crippen molar-refractivity contribution in [3.05, 3.63) is 65.7 Å². The van der Waals surface area contributed by atoms with Crippen molar-refractivity contribution in [2.24, 2.45) is 0 Å². The molecule has 3 N–H and O–H groups in total. The molecule has 132 valence electrons. The van der Waals surface area contributed by atoms with Crippen LogP contribution in [0.2, 0.25) is 0 Å². The lowest BCUT2D eigenvalue weighted by Crippen LogP contribution is -2.46. The highest BCUT2D eigenvalue weighted by Gasteiger charge is 2.34. The maximum Gasteiger partial charge on any atom is 0.165 e. The highest BCUT2D eigenvalue weighted by Crippen LogP contribution is 2.27. The van der Waals surface area contributed by atoms with Crippen LogP contribution in [-0.4, -0.2) is 41.0 Å². The Morgan fingerprint density at radius 2 is 1.68 bits per heavy atom. The molecule has 0 amide bonds. The van der Waals surface area contributed by atoms with Crippen molar-refractivity contribution >= 4 is 11.5 Å². The van der Waals surface area contributed by atoms with Gasteiger partial charge in [-0.05, 0) is 37.0 Å². The molecule has 0 bridgehead atoms. The Hall–Kier alpha value is -2.17. The molecule has 25 heavy (non-hydrogen) atoms. The van der Waals surface area contributed by atoms with Crippen LogP contribution in [-0.2, 0) is 6.42 Å². The van der Waals surface area contributed by atoms with E-state index in [1.54, 1.807) is 0 Å². The molecule has 0 unspecified atom stereocenters. The highest BCUT2D eigenvalue weighted by molar-refractivity contribution is 5.96. The van der Waals surface area contributed by atoms with Gasteiger partial charge in [0.25, 0.3) is 0 Å². The third-order valence-corrected chi connectivity index (χ3v) is 5.07. The summed E-state index contributed by atoms with van der Waals surface area (Å²) in [5.74, 6) is 0.0263. The number of carbonyl (C=O) groups is 1. The van der Waals surface area contributed by atoms with Crippen molar-refractivity contribution in [1.82, 2.24) is 4.90 Å². The number of ketones is 1. The topological polar surface area (TPSA) is 66.6 Å². The number of benzene rings is 2. The number of hydrogen-bond donors (Lipinski definition) is 2. The Labute approximate surface area is 149 Å². The zero-order valence-corrected chi connectivity index (χ0v) is 14.5. The average Bonchev–Trinajstić information content (AvgIpc) is 2.63. The Morgan fingerprint density at radius 1 is 1.04 bits per heavy atom. The van der Waals surface area contributed by atoms with Gasteiger partial charge in [-0.2, -0.15) is 0 Å². The van der Waals surface area contributed by atoms with Gasteiger partial charge in [-0.1, -0.05) is 42.5 Å². The third kappa shape index (κ3) is 4.91. The van der Waals surface area contributed by atoms with Crippen LogP contribution in [0.1, 0.15) is 35.2 Å². The summed E-state index contributed by atoms with van der Waals surface area (Å²) >= 11 is 0. The number of nitrogen functional groups attached to an aromatic ring is 1. The minimum Gasteiger partial charge on any atom is -0.399 e. The van der Waals surface area contributed by atoms with Crippen LogP contribution in [0.15, 0.2) is 54.6 Å². The first-order chi connectivity index (χ1) is 12.0. The van der Waals surface area contributed by atoms with Gasteiger partial charge in [0.1, 0.15) is 0 Å². The van der Waals surface area contributed by atoms with Crippen LogP contribution in [0.25, 0.3) is 0 Å². The molecule has 1 heterocycles. The number of nitrogens with two attached hydrogens (primary N) is 1. The standard InChI is InChI=1S/C21H26N2O2/c22-19-8-6-17(7-9-19)10-13-23-14-11-21(25,12-15-23)16-20(24)18-4-2-1-3-5-18/h1-9,25H,10-16,22H2. The second-order valence-electron chi connectivity index (χ2n) is 7.02. The first-order valence-corrected chi connectivity index (χ1v) is 8.91. The van der Waals surface area contributed by atoms with Crippen molar-refractivity contribution in [1.29, 1.82) is 0 Å². The molecule has 0 aromatic heterocycles. The molecule has 4 heteroatoms. The molecule has 2 aromatic rings. The second-order valence-corrected chi connectivity index (χ2v) is 7.02. The number of likely N-dealkylation sites (tertiary alicyclic amines) is 1. The van der Waals surface area contributed by atoms with Gasteiger partial charge < -0.3 is 15.7 Å². The Kier molecular flexibility index (Phi) is 5.51. The van der Waals surface area contributed by atoms with Gasteiger partial charge >= 0.3 is 0 Å². The van der Waals surface area contributed by atoms with Crippen LogP contribution >= 0.6 is 0 Å². The van der Waals surface area contributed by atoms with Gasteiger partial charge in [-0.25, -0.2) is 0 Å². The fourth-order valence-electron chi connectivity index (χ4n) is 3.37. The summed E-state index contributed by atoms with van der Waals surface area (Å²) in [5.41, 5.74) is 7.58. The average molecular weight is 338 g/mol. The molecule has 1 saturated heterocycles. The lowest BCUT2D eigenvalue weighted by molar-refractivity contribution is -0.0221. The maximum absolute atomic E-state index is 12.4. The van der Waals surface area contributed by atoms with Gasteiger partial charge in [0.15, 0.2) is 5.78 Å². The van der Waals surface area contributed by atoms with Crippen molar-refractivity contribution < 1.29 is 9.90 Å². The molecule has 0 atom stereocenters. The zero-order chi connectivity index (χ0) is 17.7. The first kappa shape index (κ1) is 17.6. The van der Waals surface area contributed by atoms with Gasteiger partial charge in [-0.3, -0.25) is 4.79 Å². The first-order valence-electron chi connectivity index (χ1n) is 8.91. The molecule has 0 spiro atoms. The van der Waals surface area contributed by atoms with Gasteiger partial charge in [0, 0.05) is 37.3 Å². The highest BCUT2D eigenvalue weighted by atomic mass is 16.3. The Bertz CT molecular complexity index is 690. The van der Waals surface area contributed by atoms with Crippen molar-refractivity contribution in [3.63, 3.8) is 0 Å². The van der Waals surface area contributed by atoms with E-state index in [1.807, 2.05) is 42.5 Å². The summed E-state index contributed by atoms with van der Waals surface area (Å²) in [6.45, 7) is 2.62. The molecule has 3 rings (SSSR count). The molecule has 0 saturated carbocycles. The number of aliphatic hydroxyl groups is 1. The van der Waals surface area contributed by atoms with E-state index in [9.17, 15) is 9.90 Å². The Balaban J connectivity index is 1.47. The van der Waals surface area contributed by atoms with Gasteiger partial charge in [0.05, 0.1) is 5.60 Å². The monoisotopic (exact) mass is 338 g/mol. The van der Waals surface area contributed by atoms with E-state index in [4.69, 9.17) is 5.73 Å². The lowest BCUT2D eigenvalue weighted by Gasteiger charge is -2.38. The minimum atomic E-state index is -0.870. The molecular formula is C21H26N2O2. The molecule has 1 aliphatic heterocycles. The maximum atomic E-state index is 12.4. The second kappa shape index (κ2) is 7.81. The zero-order valence-electron chi connectivity index (χ0n) is 14.5. The number of Topliss-reactive ketones (excluding diaryl/α,β-unsaturated/α-hetero) is 1. The van der Waals surface area contributed by atoms with E-state index >= 15 is 0 Å². The summed E-state index contributed by atoms with van der Waals surface area (Å²) < 4.78 is 0. The molecule has 0 aliphatic carbocycles. The quantitative estimate of drug-likeness (QED) is 0.628. The van der Waals surface area contributed by atoms with E-state index in [0.717, 1.165) is 31.7 Å². The summed E-state index contributed by atoms with van der Waals surface area (Å²) in [5, 5.41) is 10.8. The molecule has 0 radical (unpaired) electrons. The number of hydrogen-bond acceptors (Lipinski definition) is 4. The fraction of sp³-hybridized carbons (Fsp3) is 0.381. The predicted molar refractivity (Wildman–Crippen MR) is 101 cm³/mol. The van der Waals surface area contributed by atoms with Crippen LogP contribution in [0.4, 0.5) is 5.69 Å². The van der Waals surface area contributed by atoms with Crippen molar-refractivity contribution in [2.75, 3.05) is 25.4 Å². The SMILES string of the molecule is Nc1ccc(CCN2CCC(O)(CC(=O)c3ccccc3)CC2)cc1. The van der Waals surface area contributed by atoms with Crippen LogP contribution in [0.3, 0.4) is 0 Å². The van der Waals surface area contributed by atoms with Crippen LogP contribution in [0, 0.1) is 0 Å². The molecule has 1 fully saturated rings. The van der Waals surface area contributed by atoms with Gasteiger partial charge in [-0.15, -0.1) is 0 Å². The molecular weight excluding hydrogens is 312 g/mol. The predicted octanol–water partition coefficient (Wildman–Crippen LogP) is 2.91. The number of anilines is 1. The third-order valence-electron chi connectivity index (χ3n) is 5.07. The molecule has 4 nitrogen and oxygen atoms in total. The van der Waals surface area contributed by atoms with E-state index in [2.05, 4.69) is 17.0 Å². The van der Waals surface area contributed by atoms with E-state index in [1.165, 1.54) is 5.56 Å². The van der Waals surface area contributed by atoms with Crippen molar-refractivity contribution in [3.8, 4) is 0 Å². The van der Waals surface area contributed by atoms with E-state index in [-0.39, 0.29) is 12.2 Å². The fourth-order valence-corrected chi connectivity index (χ4v) is 3.37. The van der Waals surface area contributed by atoms with Crippen LogP contribution in [0.5, 0.6) is 0 Å². The lowest BCUT2D eigenvalue weighted by atomic mass is 9.85. The van der Waals surface area contributed by atoms with Crippen LogP contribution < -0.4 is 5.73 Å². The van der Waals surface area contributed by atoms with E-state index in [0.29, 0.717) is 18.4 Å². The number of nitrogens with zero attached hydrogens (tertiary/aromatic N) is 1. The number of rotatable bonds is 6. The summed E-state index contributed by atoms with van der Waals surface area (Å²) in [6.07, 6.45) is 2.48. The number of piperidine rings is 1. The number of carbonyl (C=O) groups excluding carboxylic acids is 1. The van der Waals surface area contributed by atoms with Gasteiger partial charge in [0.2, 0.25) is 0 Å². The normalized spacial score (nSPS) is 17.3. The minimum absolute atomic E-state index is 0.0263. The Morgan fingerprint density at radius 3 is 2.32 bits per heavy atom. The van der Waals surface area contributed by atoms with E-state index < -0.39 is 5.60 Å². The summed E-state index contributed by atoms with van der Waals surface area (Å²) in [6, 6.07) is 17.2. The largest absolute Gasteiger partial charge is 0.399 e.